The van der Waals surface area contributed by atoms with Crippen LogP contribution in [0.1, 0.15) is 16.8 Å². The van der Waals surface area contributed by atoms with E-state index in [0.717, 1.165) is 28.5 Å². The van der Waals surface area contributed by atoms with E-state index in [-0.39, 0.29) is 0 Å². The van der Waals surface area contributed by atoms with Gasteiger partial charge < -0.3 is 4.74 Å². The zero-order chi connectivity index (χ0) is 13.3. The van der Waals surface area contributed by atoms with Crippen molar-refractivity contribution in [3.63, 3.8) is 0 Å². The summed E-state index contributed by atoms with van der Waals surface area (Å²) in [4.78, 5) is 0. The maximum absolute atomic E-state index is 5.95. The summed E-state index contributed by atoms with van der Waals surface area (Å²) < 4.78 is 7.70. The van der Waals surface area contributed by atoms with Crippen LogP contribution in [0, 0.1) is 13.8 Å². The standard InChI is InChI=1S/C13H14BrClN2O/c1-8-6-10(15)4-5-12(8)18-13-11(7-14)9(2)16-17(13)3/h4-6H,7H2,1-3H3. The number of benzene rings is 1. The predicted octanol–water partition coefficient (Wildman–Crippen LogP) is 4.38. The van der Waals surface area contributed by atoms with Crippen molar-refractivity contribution in [1.82, 2.24) is 9.78 Å². The van der Waals surface area contributed by atoms with Gasteiger partial charge in [-0.1, -0.05) is 27.5 Å². The maximum atomic E-state index is 5.95. The first kappa shape index (κ1) is 13.4. The van der Waals surface area contributed by atoms with Crippen molar-refractivity contribution in [1.29, 1.82) is 0 Å². The first-order valence-electron chi connectivity index (χ1n) is 5.55. The smallest absolute Gasteiger partial charge is 0.221 e. The molecule has 0 aliphatic rings. The molecule has 2 rings (SSSR count). The minimum atomic E-state index is 0.710. The number of hydrogen-bond acceptors (Lipinski definition) is 2. The number of ether oxygens (including phenoxy) is 1. The van der Waals surface area contributed by atoms with Gasteiger partial charge in [0.05, 0.1) is 5.69 Å². The minimum Gasteiger partial charge on any atom is -0.439 e. The van der Waals surface area contributed by atoms with Gasteiger partial charge in [-0.15, -0.1) is 0 Å². The van der Waals surface area contributed by atoms with E-state index >= 15 is 0 Å². The SMILES string of the molecule is Cc1cc(Cl)ccc1Oc1c(CBr)c(C)nn1C. The zero-order valence-corrected chi connectivity index (χ0v) is 12.8. The fourth-order valence-corrected chi connectivity index (χ4v) is 2.67. The summed E-state index contributed by atoms with van der Waals surface area (Å²) in [7, 11) is 1.87. The van der Waals surface area contributed by atoms with Gasteiger partial charge in [-0.3, -0.25) is 0 Å². The third kappa shape index (κ3) is 2.54. The highest BCUT2D eigenvalue weighted by atomic mass is 79.9. The summed E-state index contributed by atoms with van der Waals surface area (Å²) in [5.74, 6) is 1.55. The molecular formula is C13H14BrClN2O. The summed E-state index contributed by atoms with van der Waals surface area (Å²) in [6.45, 7) is 3.94. The van der Waals surface area contributed by atoms with Gasteiger partial charge in [0, 0.05) is 23.0 Å². The molecule has 0 saturated heterocycles. The van der Waals surface area contributed by atoms with E-state index in [9.17, 15) is 0 Å². The molecule has 0 spiro atoms. The van der Waals surface area contributed by atoms with Crippen LogP contribution in [0.5, 0.6) is 11.6 Å². The van der Waals surface area contributed by atoms with Gasteiger partial charge in [-0.05, 0) is 37.6 Å². The molecule has 0 atom stereocenters. The number of aromatic nitrogens is 2. The van der Waals surface area contributed by atoms with Gasteiger partial charge in [0.25, 0.3) is 0 Å². The van der Waals surface area contributed by atoms with Crippen molar-refractivity contribution in [3.05, 3.63) is 40.0 Å². The van der Waals surface area contributed by atoms with E-state index in [4.69, 9.17) is 16.3 Å². The number of hydrogen-bond donors (Lipinski definition) is 0. The molecule has 18 heavy (non-hydrogen) atoms. The maximum Gasteiger partial charge on any atom is 0.221 e. The Bertz CT molecular complexity index is 581. The Morgan fingerprint density at radius 2 is 2.11 bits per heavy atom. The lowest BCUT2D eigenvalue weighted by molar-refractivity contribution is 0.425. The highest BCUT2D eigenvalue weighted by Gasteiger charge is 2.15. The molecule has 3 nitrogen and oxygen atoms in total. The average Bonchev–Trinajstić information content (AvgIpc) is 2.57. The van der Waals surface area contributed by atoms with E-state index in [0.29, 0.717) is 10.4 Å². The van der Waals surface area contributed by atoms with Crippen LogP contribution in [0.25, 0.3) is 0 Å². The average molecular weight is 330 g/mol. The molecule has 0 amide bonds. The second kappa shape index (κ2) is 5.33. The van der Waals surface area contributed by atoms with Gasteiger partial charge in [-0.2, -0.15) is 5.10 Å². The fraction of sp³-hybridized carbons (Fsp3) is 0.308. The molecule has 0 fully saturated rings. The molecule has 0 unspecified atom stereocenters. The number of nitrogens with zero attached hydrogens (tertiary/aromatic N) is 2. The van der Waals surface area contributed by atoms with Crippen molar-refractivity contribution < 1.29 is 4.74 Å². The molecule has 96 valence electrons. The molecule has 0 aliphatic carbocycles. The van der Waals surface area contributed by atoms with Crippen molar-refractivity contribution >= 4 is 27.5 Å². The van der Waals surface area contributed by atoms with E-state index < -0.39 is 0 Å². The molecule has 0 bridgehead atoms. The summed E-state index contributed by atoms with van der Waals surface area (Å²) in [5, 5.41) is 5.79. The van der Waals surface area contributed by atoms with E-state index in [1.54, 1.807) is 4.68 Å². The van der Waals surface area contributed by atoms with Crippen molar-refractivity contribution in [2.75, 3.05) is 0 Å². The number of rotatable bonds is 3. The normalized spacial score (nSPS) is 10.7. The molecule has 0 saturated carbocycles. The lowest BCUT2D eigenvalue weighted by Crippen LogP contribution is -1.97. The summed E-state index contributed by atoms with van der Waals surface area (Å²) >= 11 is 9.39. The van der Waals surface area contributed by atoms with Gasteiger partial charge in [0.1, 0.15) is 5.75 Å². The molecule has 0 aliphatic heterocycles. The van der Waals surface area contributed by atoms with Crippen molar-refractivity contribution in [2.45, 2.75) is 19.2 Å². The number of alkyl halides is 1. The minimum absolute atomic E-state index is 0.710. The Balaban J connectivity index is 2.39. The first-order chi connectivity index (χ1) is 8.52. The Kier molecular flexibility index (Phi) is 3.97. The molecule has 0 radical (unpaired) electrons. The summed E-state index contributed by atoms with van der Waals surface area (Å²) in [6.07, 6.45) is 0. The van der Waals surface area contributed by atoms with Crippen LogP contribution in [-0.2, 0) is 12.4 Å². The van der Waals surface area contributed by atoms with E-state index in [2.05, 4.69) is 21.0 Å². The second-order valence-corrected chi connectivity index (χ2v) is 5.14. The lowest BCUT2D eigenvalue weighted by atomic mass is 10.2. The molecule has 0 N–H and O–H groups in total. The number of halogens is 2. The third-order valence-electron chi connectivity index (χ3n) is 2.77. The van der Waals surface area contributed by atoms with Crippen LogP contribution in [-0.4, -0.2) is 9.78 Å². The van der Waals surface area contributed by atoms with Crippen LogP contribution < -0.4 is 4.74 Å². The topological polar surface area (TPSA) is 27.1 Å². The van der Waals surface area contributed by atoms with Crippen LogP contribution >= 0.6 is 27.5 Å². The van der Waals surface area contributed by atoms with Crippen molar-refractivity contribution in [3.8, 4) is 11.6 Å². The van der Waals surface area contributed by atoms with Crippen LogP contribution in [0.4, 0.5) is 0 Å². The predicted molar refractivity (Wildman–Crippen MR) is 76.8 cm³/mol. The Labute approximate surface area is 120 Å². The largest absolute Gasteiger partial charge is 0.439 e. The van der Waals surface area contributed by atoms with Gasteiger partial charge in [0.2, 0.25) is 5.88 Å². The third-order valence-corrected chi connectivity index (χ3v) is 3.56. The first-order valence-corrected chi connectivity index (χ1v) is 7.05. The van der Waals surface area contributed by atoms with E-state index in [1.807, 2.05) is 39.1 Å². The Morgan fingerprint density at radius 3 is 2.72 bits per heavy atom. The van der Waals surface area contributed by atoms with Crippen molar-refractivity contribution in [2.24, 2.45) is 7.05 Å². The van der Waals surface area contributed by atoms with Gasteiger partial charge in [-0.25, -0.2) is 4.68 Å². The van der Waals surface area contributed by atoms with Crippen LogP contribution in [0.2, 0.25) is 5.02 Å². The van der Waals surface area contributed by atoms with Crippen LogP contribution in [0.3, 0.4) is 0 Å². The van der Waals surface area contributed by atoms with E-state index in [1.165, 1.54) is 0 Å². The molecule has 1 aromatic heterocycles. The highest BCUT2D eigenvalue weighted by Crippen LogP contribution is 2.31. The lowest BCUT2D eigenvalue weighted by Gasteiger charge is -2.10. The summed E-state index contributed by atoms with van der Waals surface area (Å²) in [6, 6.07) is 5.58. The molecule has 1 heterocycles. The molecular weight excluding hydrogens is 316 g/mol. The Morgan fingerprint density at radius 1 is 1.39 bits per heavy atom. The molecule has 2 aromatic rings. The highest BCUT2D eigenvalue weighted by molar-refractivity contribution is 9.08. The van der Waals surface area contributed by atoms with Crippen LogP contribution in [0.15, 0.2) is 18.2 Å². The number of aryl methyl sites for hydroxylation is 3. The van der Waals surface area contributed by atoms with Gasteiger partial charge >= 0.3 is 0 Å². The molecule has 5 heteroatoms. The monoisotopic (exact) mass is 328 g/mol. The second-order valence-electron chi connectivity index (χ2n) is 4.14. The Hall–Kier alpha value is -1.00. The van der Waals surface area contributed by atoms with Gasteiger partial charge in [0.15, 0.2) is 0 Å². The fourth-order valence-electron chi connectivity index (χ4n) is 1.79. The zero-order valence-electron chi connectivity index (χ0n) is 10.5. The summed E-state index contributed by atoms with van der Waals surface area (Å²) in [5.41, 5.74) is 3.03. The quantitative estimate of drug-likeness (QED) is 0.782. The molecule has 1 aromatic carbocycles.